The first kappa shape index (κ1) is 14.0. The standard InChI is InChI=1S/C14H19N5O/c1-10(2)18-14(20)16-7-11-4-5-13(15-6-11)12-8-17-19(3)9-12/h4-6,8-10H,7H2,1-3H3,(H2,16,18,20). The molecule has 106 valence electrons. The van der Waals surface area contributed by atoms with Gasteiger partial charge in [-0.25, -0.2) is 4.79 Å². The molecular weight excluding hydrogens is 254 g/mol. The lowest BCUT2D eigenvalue weighted by Crippen LogP contribution is -2.39. The molecule has 0 radical (unpaired) electrons. The molecule has 0 aromatic carbocycles. The van der Waals surface area contributed by atoms with Crippen LogP contribution in [0.1, 0.15) is 19.4 Å². The van der Waals surface area contributed by atoms with Crippen molar-refractivity contribution in [2.24, 2.45) is 7.05 Å². The van der Waals surface area contributed by atoms with E-state index in [0.29, 0.717) is 6.54 Å². The van der Waals surface area contributed by atoms with E-state index in [2.05, 4.69) is 20.7 Å². The number of nitrogens with one attached hydrogen (secondary N) is 2. The van der Waals surface area contributed by atoms with Crippen LogP contribution >= 0.6 is 0 Å². The zero-order valence-corrected chi connectivity index (χ0v) is 11.9. The molecule has 0 spiro atoms. The normalized spacial score (nSPS) is 10.6. The van der Waals surface area contributed by atoms with Gasteiger partial charge in [0.25, 0.3) is 0 Å². The summed E-state index contributed by atoms with van der Waals surface area (Å²) in [5.41, 5.74) is 2.80. The largest absolute Gasteiger partial charge is 0.336 e. The summed E-state index contributed by atoms with van der Waals surface area (Å²) in [4.78, 5) is 15.8. The first-order valence-corrected chi connectivity index (χ1v) is 6.53. The molecule has 2 heterocycles. The molecule has 0 atom stereocenters. The number of hydrogen-bond donors (Lipinski definition) is 2. The topological polar surface area (TPSA) is 71.8 Å². The lowest BCUT2D eigenvalue weighted by Gasteiger charge is -2.10. The molecule has 0 aliphatic heterocycles. The third kappa shape index (κ3) is 3.81. The van der Waals surface area contributed by atoms with Crippen molar-refractivity contribution in [1.82, 2.24) is 25.4 Å². The van der Waals surface area contributed by atoms with Crippen LogP contribution in [-0.4, -0.2) is 26.8 Å². The highest BCUT2D eigenvalue weighted by molar-refractivity contribution is 5.74. The van der Waals surface area contributed by atoms with E-state index in [-0.39, 0.29) is 12.1 Å². The van der Waals surface area contributed by atoms with Crippen molar-refractivity contribution in [3.63, 3.8) is 0 Å². The van der Waals surface area contributed by atoms with Gasteiger partial charge in [-0.2, -0.15) is 5.10 Å². The number of hydrogen-bond acceptors (Lipinski definition) is 3. The number of aromatic nitrogens is 3. The van der Waals surface area contributed by atoms with Gasteiger partial charge in [-0.1, -0.05) is 6.07 Å². The second-order valence-corrected chi connectivity index (χ2v) is 4.94. The van der Waals surface area contributed by atoms with Crippen molar-refractivity contribution in [2.45, 2.75) is 26.4 Å². The van der Waals surface area contributed by atoms with Crippen molar-refractivity contribution in [1.29, 1.82) is 0 Å². The van der Waals surface area contributed by atoms with E-state index in [4.69, 9.17) is 0 Å². The number of urea groups is 1. The minimum absolute atomic E-state index is 0.126. The highest BCUT2D eigenvalue weighted by Gasteiger charge is 2.04. The lowest BCUT2D eigenvalue weighted by atomic mass is 10.2. The van der Waals surface area contributed by atoms with E-state index >= 15 is 0 Å². The van der Waals surface area contributed by atoms with E-state index in [0.717, 1.165) is 16.8 Å². The predicted molar refractivity (Wildman–Crippen MR) is 76.9 cm³/mol. The number of nitrogens with zero attached hydrogens (tertiary/aromatic N) is 3. The van der Waals surface area contributed by atoms with Gasteiger partial charge in [-0.3, -0.25) is 9.67 Å². The van der Waals surface area contributed by atoms with Crippen LogP contribution < -0.4 is 10.6 Å². The van der Waals surface area contributed by atoms with E-state index in [9.17, 15) is 4.79 Å². The molecule has 0 bridgehead atoms. The van der Waals surface area contributed by atoms with Crippen LogP contribution in [0.2, 0.25) is 0 Å². The number of rotatable bonds is 4. The fourth-order valence-corrected chi connectivity index (χ4v) is 1.75. The Kier molecular flexibility index (Phi) is 4.34. The van der Waals surface area contributed by atoms with Crippen LogP contribution in [0.25, 0.3) is 11.3 Å². The molecule has 2 N–H and O–H groups in total. The van der Waals surface area contributed by atoms with Crippen LogP contribution in [0.5, 0.6) is 0 Å². The van der Waals surface area contributed by atoms with E-state index in [1.807, 2.05) is 39.2 Å². The number of carbonyl (C=O) groups excluding carboxylic acids is 1. The Labute approximate surface area is 118 Å². The number of aryl methyl sites for hydroxylation is 1. The van der Waals surface area contributed by atoms with Crippen LogP contribution in [0, 0.1) is 0 Å². The third-order valence-electron chi connectivity index (χ3n) is 2.70. The third-order valence-corrected chi connectivity index (χ3v) is 2.70. The molecule has 0 unspecified atom stereocenters. The molecule has 0 aliphatic carbocycles. The average molecular weight is 273 g/mol. The molecule has 6 nitrogen and oxygen atoms in total. The molecule has 2 aromatic rings. The van der Waals surface area contributed by atoms with Crippen molar-refractivity contribution in [3.8, 4) is 11.3 Å². The molecule has 0 saturated heterocycles. The monoisotopic (exact) mass is 273 g/mol. The molecular formula is C14H19N5O. The minimum Gasteiger partial charge on any atom is -0.336 e. The molecule has 0 fully saturated rings. The second-order valence-electron chi connectivity index (χ2n) is 4.94. The SMILES string of the molecule is CC(C)NC(=O)NCc1ccc(-c2cnn(C)c2)nc1. The fourth-order valence-electron chi connectivity index (χ4n) is 1.75. The Hall–Kier alpha value is -2.37. The Morgan fingerprint density at radius 1 is 1.35 bits per heavy atom. The van der Waals surface area contributed by atoms with Crippen LogP contribution in [0.3, 0.4) is 0 Å². The fraction of sp³-hybridized carbons (Fsp3) is 0.357. The van der Waals surface area contributed by atoms with Crippen molar-refractivity contribution >= 4 is 6.03 Å². The summed E-state index contributed by atoms with van der Waals surface area (Å²) in [5, 5.41) is 9.67. The number of carbonyl (C=O) groups is 1. The van der Waals surface area contributed by atoms with Gasteiger partial charge in [0.05, 0.1) is 11.9 Å². The molecule has 2 rings (SSSR count). The van der Waals surface area contributed by atoms with E-state index in [1.165, 1.54) is 0 Å². The predicted octanol–water partition coefficient (Wildman–Crippen LogP) is 1.69. The summed E-state index contributed by atoms with van der Waals surface area (Å²) in [6, 6.07) is 3.83. The zero-order valence-electron chi connectivity index (χ0n) is 11.9. The maximum absolute atomic E-state index is 11.5. The van der Waals surface area contributed by atoms with Gasteiger partial charge in [0, 0.05) is 37.6 Å². The van der Waals surface area contributed by atoms with Gasteiger partial charge in [0.15, 0.2) is 0 Å². The van der Waals surface area contributed by atoms with Crippen molar-refractivity contribution in [2.75, 3.05) is 0 Å². The summed E-state index contributed by atoms with van der Waals surface area (Å²) in [6.07, 6.45) is 5.45. The first-order chi connectivity index (χ1) is 9.54. The van der Waals surface area contributed by atoms with Crippen molar-refractivity contribution < 1.29 is 4.79 Å². The molecule has 2 aromatic heterocycles. The Bertz CT molecular complexity index is 574. The van der Waals surface area contributed by atoms with Crippen LogP contribution in [0.4, 0.5) is 4.79 Å². The quantitative estimate of drug-likeness (QED) is 0.890. The Morgan fingerprint density at radius 3 is 2.70 bits per heavy atom. The smallest absolute Gasteiger partial charge is 0.315 e. The molecule has 6 heteroatoms. The zero-order chi connectivity index (χ0) is 14.5. The van der Waals surface area contributed by atoms with Gasteiger partial charge in [0.2, 0.25) is 0 Å². The first-order valence-electron chi connectivity index (χ1n) is 6.53. The number of pyridine rings is 1. The maximum Gasteiger partial charge on any atom is 0.315 e. The Balaban J connectivity index is 1.93. The van der Waals surface area contributed by atoms with Crippen LogP contribution in [-0.2, 0) is 13.6 Å². The molecule has 20 heavy (non-hydrogen) atoms. The minimum atomic E-state index is -0.170. The van der Waals surface area contributed by atoms with Crippen molar-refractivity contribution in [3.05, 3.63) is 36.3 Å². The summed E-state index contributed by atoms with van der Waals surface area (Å²) >= 11 is 0. The van der Waals surface area contributed by atoms with Gasteiger partial charge in [-0.15, -0.1) is 0 Å². The van der Waals surface area contributed by atoms with Gasteiger partial charge < -0.3 is 10.6 Å². The molecule has 0 saturated carbocycles. The average Bonchev–Trinajstić information content (AvgIpc) is 2.83. The van der Waals surface area contributed by atoms with E-state index < -0.39 is 0 Å². The summed E-state index contributed by atoms with van der Waals surface area (Å²) in [5.74, 6) is 0. The molecule has 2 amide bonds. The van der Waals surface area contributed by atoms with Gasteiger partial charge in [-0.05, 0) is 25.5 Å². The second kappa shape index (κ2) is 6.18. The lowest BCUT2D eigenvalue weighted by molar-refractivity contribution is 0.238. The van der Waals surface area contributed by atoms with E-state index in [1.54, 1.807) is 17.1 Å². The summed E-state index contributed by atoms with van der Waals surface area (Å²) in [7, 11) is 1.87. The summed E-state index contributed by atoms with van der Waals surface area (Å²) in [6.45, 7) is 4.30. The number of amides is 2. The maximum atomic E-state index is 11.5. The van der Waals surface area contributed by atoms with Gasteiger partial charge >= 0.3 is 6.03 Å². The molecule has 0 aliphatic rings. The van der Waals surface area contributed by atoms with Crippen LogP contribution in [0.15, 0.2) is 30.7 Å². The summed E-state index contributed by atoms with van der Waals surface area (Å²) < 4.78 is 1.74. The van der Waals surface area contributed by atoms with Gasteiger partial charge in [0.1, 0.15) is 0 Å². The Morgan fingerprint density at radius 2 is 2.15 bits per heavy atom. The highest BCUT2D eigenvalue weighted by Crippen LogP contribution is 2.15. The highest BCUT2D eigenvalue weighted by atomic mass is 16.2.